The summed E-state index contributed by atoms with van der Waals surface area (Å²) in [5, 5.41) is 0.601. The van der Waals surface area contributed by atoms with Gasteiger partial charge in [-0.05, 0) is 25.2 Å². The number of carbonyl (C=O) groups is 1. The summed E-state index contributed by atoms with van der Waals surface area (Å²) in [6.45, 7) is 7.39. The molecule has 1 amide bonds. The van der Waals surface area contributed by atoms with Gasteiger partial charge in [-0.25, -0.2) is 4.98 Å². The minimum absolute atomic E-state index is 0.203. The second kappa shape index (κ2) is 10.4. The van der Waals surface area contributed by atoms with E-state index in [9.17, 15) is 4.79 Å². The van der Waals surface area contributed by atoms with Crippen LogP contribution in [0.4, 0.5) is 5.13 Å². The van der Waals surface area contributed by atoms with Crippen LogP contribution in [0.3, 0.4) is 0 Å². The number of amides is 1. The van der Waals surface area contributed by atoms with Gasteiger partial charge in [0, 0.05) is 30.8 Å². The quantitative estimate of drug-likeness (QED) is 0.424. The summed E-state index contributed by atoms with van der Waals surface area (Å²) >= 11 is 1.44. The van der Waals surface area contributed by atoms with E-state index in [4.69, 9.17) is 28.7 Å². The number of nitrogens with zero attached hydrogens (tertiary/aromatic N) is 3. The van der Waals surface area contributed by atoms with Gasteiger partial charge in [0.05, 0.1) is 31.5 Å². The average molecular weight is 488 g/mol. The Morgan fingerprint density at radius 1 is 0.971 bits per heavy atom. The lowest BCUT2D eigenvalue weighted by atomic mass is 10.1. The van der Waals surface area contributed by atoms with Gasteiger partial charge in [0.1, 0.15) is 0 Å². The van der Waals surface area contributed by atoms with Crippen LogP contribution in [-0.2, 0) is 0 Å². The number of anilines is 1. The van der Waals surface area contributed by atoms with Crippen molar-refractivity contribution in [1.82, 2.24) is 9.88 Å². The molecule has 0 aliphatic carbocycles. The number of benzene rings is 2. The van der Waals surface area contributed by atoms with E-state index >= 15 is 0 Å². The summed E-state index contributed by atoms with van der Waals surface area (Å²) < 4.78 is 28.2. The fourth-order valence-corrected chi connectivity index (χ4v) is 4.85. The van der Waals surface area contributed by atoms with Crippen LogP contribution in [0.2, 0.25) is 0 Å². The molecular formula is C24H29N3O6S. The van der Waals surface area contributed by atoms with Gasteiger partial charge in [-0.3, -0.25) is 9.69 Å². The lowest BCUT2D eigenvalue weighted by Crippen LogP contribution is -2.38. The molecule has 1 aliphatic heterocycles. The fraction of sp³-hybridized carbons (Fsp3) is 0.417. The van der Waals surface area contributed by atoms with Crippen molar-refractivity contribution in [2.75, 3.05) is 59.2 Å². The highest BCUT2D eigenvalue weighted by Gasteiger charge is 2.26. The van der Waals surface area contributed by atoms with Crippen LogP contribution in [-0.4, -0.2) is 70.1 Å². The normalized spacial score (nSPS) is 12.3. The van der Waals surface area contributed by atoms with E-state index in [1.165, 1.54) is 32.7 Å². The summed E-state index contributed by atoms with van der Waals surface area (Å²) in [6, 6.07) is 7.09. The predicted molar refractivity (Wildman–Crippen MR) is 131 cm³/mol. The van der Waals surface area contributed by atoms with E-state index in [2.05, 4.69) is 18.7 Å². The number of carbonyl (C=O) groups excluding carboxylic acids is 1. The lowest BCUT2D eigenvalue weighted by molar-refractivity contribution is 0.0983. The Balaban J connectivity index is 1.74. The molecule has 0 atom stereocenters. The molecule has 0 N–H and O–H groups in total. The van der Waals surface area contributed by atoms with Crippen molar-refractivity contribution in [3.63, 3.8) is 0 Å². The Hall–Kier alpha value is -3.24. The van der Waals surface area contributed by atoms with Gasteiger partial charge < -0.3 is 28.6 Å². The highest BCUT2D eigenvalue weighted by molar-refractivity contribution is 7.22. The summed E-state index contributed by atoms with van der Waals surface area (Å²) in [5.74, 6) is 2.42. The monoisotopic (exact) mass is 487 g/mol. The van der Waals surface area contributed by atoms with Crippen LogP contribution in [0.15, 0.2) is 24.3 Å². The second-order valence-electron chi connectivity index (χ2n) is 7.57. The molecule has 182 valence electrons. The Morgan fingerprint density at radius 2 is 1.62 bits per heavy atom. The molecule has 0 unspecified atom stereocenters. The van der Waals surface area contributed by atoms with Crippen molar-refractivity contribution < 1.29 is 28.5 Å². The van der Waals surface area contributed by atoms with Gasteiger partial charge in [0.25, 0.3) is 5.91 Å². The fourth-order valence-electron chi connectivity index (χ4n) is 3.85. The van der Waals surface area contributed by atoms with Crippen molar-refractivity contribution in [2.45, 2.75) is 13.8 Å². The largest absolute Gasteiger partial charge is 0.493 e. The van der Waals surface area contributed by atoms with Crippen LogP contribution in [0.25, 0.3) is 10.2 Å². The highest BCUT2D eigenvalue weighted by atomic mass is 32.1. The number of likely N-dealkylation sites (N-methyl/N-ethyl adjacent to an activating group) is 1. The van der Waals surface area contributed by atoms with Crippen LogP contribution < -0.4 is 28.6 Å². The Kier molecular flexibility index (Phi) is 7.28. The van der Waals surface area contributed by atoms with Crippen molar-refractivity contribution in [3.05, 3.63) is 29.8 Å². The van der Waals surface area contributed by atoms with E-state index in [0.29, 0.717) is 52.5 Å². The first kappa shape index (κ1) is 23.9. The molecule has 34 heavy (non-hydrogen) atoms. The minimum atomic E-state index is -0.203. The molecule has 0 saturated heterocycles. The van der Waals surface area contributed by atoms with Crippen LogP contribution in [0, 0.1) is 0 Å². The standard InChI is InChI=1S/C24H29N3O6S/c1-6-26(7-2)8-9-27(23(28)15-10-19(29-3)22(31-5)20(11-15)30-4)24-25-16-12-17-18(33-14-32-17)13-21(16)34-24/h10-13H,6-9,14H2,1-5H3. The van der Waals surface area contributed by atoms with Crippen molar-refractivity contribution in [3.8, 4) is 28.7 Å². The van der Waals surface area contributed by atoms with Gasteiger partial charge in [0.15, 0.2) is 28.1 Å². The van der Waals surface area contributed by atoms with Crippen LogP contribution in [0.5, 0.6) is 28.7 Å². The summed E-state index contributed by atoms with van der Waals surface area (Å²) in [6.07, 6.45) is 0. The van der Waals surface area contributed by atoms with E-state index in [0.717, 1.165) is 23.3 Å². The molecule has 2 heterocycles. The maximum atomic E-state index is 13.8. The van der Waals surface area contributed by atoms with Crippen molar-refractivity contribution >= 4 is 32.6 Å². The van der Waals surface area contributed by atoms with E-state index < -0.39 is 0 Å². The molecule has 9 nitrogen and oxygen atoms in total. The topological polar surface area (TPSA) is 82.6 Å². The third kappa shape index (κ3) is 4.55. The Bertz CT molecular complexity index is 1110. The molecule has 10 heteroatoms. The maximum absolute atomic E-state index is 13.8. The average Bonchev–Trinajstić information content (AvgIpc) is 3.49. The highest BCUT2D eigenvalue weighted by Crippen LogP contribution is 2.41. The first-order chi connectivity index (χ1) is 16.5. The van der Waals surface area contributed by atoms with E-state index in [1.54, 1.807) is 17.0 Å². The zero-order valence-corrected chi connectivity index (χ0v) is 20.9. The maximum Gasteiger partial charge on any atom is 0.260 e. The number of aromatic nitrogens is 1. The van der Waals surface area contributed by atoms with E-state index in [-0.39, 0.29) is 12.7 Å². The van der Waals surface area contributed by atoms with Gasteiger partial charge in [-0.2, -0.15) is 0 Å². The third-order valence-corrected chi connectivity index (χ3v) is 6.83. The Morgan fingerprint density at radius 3 is 2.21 bits per heavy atom. The van der Waals surface area contributed by atoms with E-state index in [1.807, 2.05) is 12.1 Å². The van der Waals surface area contributed by atoms with Crippen LogP contribution in [0.1, 0.15) is 24.2 Å². The predicted octanol–water partition coefficient (Wildman–Crippen LogP) is 4.04. The van der Waals surface area contributed by atoms with Gasteiger partial charge in [0.2, 0.25) is 12.5 Å². The molecule has 3 aromatic rings. The number of hydrogen-bond acceptors (Lipinski definition) is 9. The van der Waals surface area contributed by atoms with Gasteiger partial charge >= 0.3 is 0 Å². The molecule has 1 aliphatic rings. The second-order valence-corrected chi connectivity index (χ2v) is 8.58. The first-order valence-corrected chi connectivity index (χ1v) is 11.9. The SMILES string of the molecule is CCN(CC)CCN(C(=O)c1cc(OC)c(OC)c(OC)c1)c1nc2cc3c(cc2s1)OCO3. The molecule has 0 fully saturated rings. The summed E-state index contributed by atoms with van der Waals surface area (Å²) in [5.41, 5.74) is 1.18. The molecular weight excluding hydrogens is 458 g/mol. The molecule has 0 saturated carbocycles. The summed E-state index contributed by atoms with van der Waals surface area (Å²) in [4.78, 5) is 22.6. The number of thiazole rings is 1. The Labute approximate surface area is 202 Å². The zero-order valence-electron chi connectivity index (χ0n) is 20.0. The number of fused-ring (bicyclic) bond motifs is 2. The zero-order chi connectivity index (χ0) is 24.2. The number of ether oxygens (including phenoxy) is 5. The molecule has 0 spiro atoms. The number of rotatable bonds is 10. The lowest BCUT2D eigenvalue weighted by Gasteiger charge is -2.25. The number of hydrogen-bond donors (Lipinski definition) is 0. The molecule has 0 bridgehead atoms. The van der Waals surface area contributed by atoms with Crippen molar-refractivity contribution in [2.24, 2.45) is 0 Å². The smallest absolute Gasteiger partial charge is 0.260 e. The molecule has 2 aromatic carbocycles. The molecule has 4 rings (SSSR count). The van der Waals surface area contributed by atoms with Crippen molar-refractivity contribution in [1.29, 1.82) is 0 Å². The van der Waals surface area contributed by atoms with Gasteiger partial charge in [-0.1, -0.05) is 25.2 Å². The molecule has 0 radical (unpaired) electrons. The minimum Gasteiger partial charge on any atom is -0.493 e. The molecule has 1 aromatic heterocycles. The third-order valence-electron chi connectivity index (χ3n) is 5.79. The van der Waals surface area contributed by atoms with Gasteiger partial charge in [-0.15, -0.1) is 0 Å². The summed E-state index contributed by atoms with van der Waals surface area (Å²) in [7, 11) is 4.59. The first-order valence-electron chi connectivity index (χ1n) is 11.1. The number of methoxy groups -OCH3 is 3. The van der Waals surface area contributed by atoms with Crippen LogP contribution >= 0.6 is 11.3 Å².